The maximum Gasteiger partial charge on any atom is 0.223 e. The molecule has 3 rings (SSSR count). The van der Waals surface area contributed by atoms with Crippen LogP contribution in [0, 0.1) is 5.92 Å². The Morgan fingerprint density at radius 1 is 1.21 bits per heavy atom. The van der Waals surface area contributed by atoms with Crippen LogP contribution in [0.2, 0.25) is 0 Å². The van der Waals surface area contributed by atoms with E-state index in [0.717, 1.165) is 0 Å². The first-order valence-corrected chi connectivity index (χ1v) is 8.09. The largest absolute Gasteiger partial charge is 0.367 e. The molecule has 0 aliphatic heterocycles. The van der Waals surface area contributed by atoms with Crippen molar-refractivity contribution in [2.75, 3.05) is 18.4 Å². The van der Waals surface area contributed by atoms with Crippen molar-refractivity contribution in [1.29, 1.82) is 0 Å². The number of hydrogen-bond acceptors (Lipinski definition) is 6. The van der Waals surface area contributed by atoms with Crippen molar-refractivity contribution >= 4 is 17.5 Å². The quantitative estimate of drug-likeness (QED) is 0.766. The second-order valence-electron chi connectivity index (χ2n) is 5.76. The molecule has 1 aliphatic rings. The number of carbonyl (C=O) groups excluding carboxylic acids is 2. The number of ketones is 1. The summed E-state index contributed by atoms with van der Waals surface area (Å²) in [6, 6.07) is 5.46. The van der Waals surface area contributed by atoms with Crippen molar-refractivity contribution < 1.29 is 9.59 Å². The summed E-state index contributed by atoms with van der Waals surface area (Å²) in [6.45, 7) is 1.07. The molecule has 126 valence electrons. The Kier molecular flexibility index (Phi) is 5.15. The molecule has 0 unspecified atom stereocenters. The molecule has 0 aromatic carbocycles. The van der Waals surface area contributed by atoms with Crippen LogP contribution in [0.1, 0.15) is 25.7 Å². The second kappa shape index (κ2) is 7.67. The summed E-state index contributed by atoms with van der Waals surface area (Å²) in [5, 5.41) is 18.3. The molecule has 0 atom stereocenters. The second-order valence-corrected chi connectivity index (χ2v) is 5.76. The third-order valence-electron chi connectivity index (χ3n) is 4.03. The molecule has 2 aromatic rings. The van der Waals surface area contributed by atoms with Gasteiger partial charge in [0.15, 0.2) is 5.82 Å². The third-order valence-corrected chi connectivity index (χ3v) is 4.03. The fourth-order valence-corrected chi connectivity index (χ4v) is 2.67. The first kappa shape index (κ1) is 16.1. The molecule has 1 saturated carbocycles. The predicted molar refractivity (Wildman–Crippen MR) is 87.6 cm³/mol. The number of rotatable bonds is 6. The van der Waals surface area contributed by atoms with Crippen molar-refractivity contribution in [2.24, 2.45) is 5.92 Å². The zero-order chi connectivity index (χ0) is 16.8. The van der Waals surface area contributed by atoms with Crippen molar-refractivity contribution in [3.05, 3.63) is 30.6 Å². The van der Waals surface area contributed by atoms with E-state index in [1.54, 1.807) is 17.1 Å². The number of nitrogens with zero attached hydrogens (tertiary/aromatic N) is 4. The Morgan fingerprint density at radius 2 is 2.04 bits per heavy atom. The van der Waals surface area contributed by atoms with E-state index in [-0.39, 0.29) is 17.6 Å². The van der Waals surface area contributed by atoms with Gasteiger partial charge in [0.25, 0.3) is 0 Å². The van der Waals surface area contributed by atoms with Crippen LogP contribution in [-0.4, -0.2) is 44.8 Å². The Labute approximate surface area is 139 Å². The minimum Gasteiger partial charge on any atom is -0.367 e. The number of anilines is 1. The first-order valence-electron chi connectivity index (χ1n) is 8.09. The number of carbonyl (C=O) groups is 2. The van der Waals surface area contributed by atoms with Gasteiger partial charge in [-0.2, -0.15) is 5.10 Å². The number of amides is 1. The SMILES string of the molecule is O=C1CCC(C(=O)NCCNc2ccc(-n3cccn3)nn2)CC1. The van der Waals surface area contributed by atoms with Crippen LogP contribution in [-0.2, 0) is 9.59 Å². The smallest absolute Gasteiger partial charge is 0.223 e. The number of Topliss-reactive ketones (excluding diaryl/α,β-unsaturated/α-hetero) is 1. The molecule has 0 spiro atoms. The topological polar surface area (TPSA) is 102 Å². The van der Waals surface area contributed by atoms with Crippen LogP contribution in [0.3, 0.4) is 0 Å². The molecular formula is C16H20N6O2. The predicted octanol–water partition coefficient (Wildman–Crippen LogP) is 0.950. The van der Waals surface area contributed by atoms with Gasteiger partial charge in [0.2, 0.25) is 5.91 Å². The zero-order valence-electron chi connectivity index (χ0n) is 13.3. The number of aromatic nitrogens is 4. The van der Waals surface area contributed by atoms with Gasteiger partial charge in [0.1, 0.15) is 11.6 Å². The Morgan fingerprint density at radius 3 is 2.71 bits per heavy atom. The summed E-state index contributed by atoms with van der Waals surface area (Å²) in [5.41, 5.74) is 0. The lowest BCUT2D eigenvalue weighted by Gasteiger charge is -2.20. The van der Waals surface area contributed by atoms with Crippen molar-refractivity contribution in [3.8, 4) is 5.82 Å². The molecule has 1 aliphatic carbocycles. The van der Waals surface area contributed by atoms with Gasteiger partial charge in [-0.15, -0.1) is 10.2 Å². The van der Waals surface area contributed by atoms with Crippen LogP contribution < -0.4 is 10.6 Å². The van der Waals surface area contributed by atoms with Gasteiger partial charge in [-0.25, -0.2) is 4.68 Å². The molecular weight excluding hydrogens is 308 g/mol. The normalized spacial score (nSPS) is 15.2. The number of hydrogen-bond donors (Lipinski definition) is 2. The highest BCUT2D eigenvalue weighted by Gasteiger charge is 2.24. The summed E-state index contributed by atoms with van der Waals surface area (Å²) < 4.78 is 1.63. The molecule has 0 radical (unpaired) electrons. The maximum atomic E-state index is 12.0. The summed E-state index contributed by atoms with van der Waals surface area (Å²) in [7, 11) is 0. The van der Waals surface area contributed by atoms with Crippen LogP contribution in [0.5, 0.6) is 0 Å². The fourth-order valence-electron chi connectivity index (χ4n) is 2.67. The summed E-state index contributed by atoms with van der Waals surface area (Å²) in [5.74, 6) is 1.55. The van der Waals surface area contributed by atoms with E-state index in [0.29, 0.717) is 50.4 Å². The van der Waals surface area contributed by atoms with Crippen molar-refractivity contribution in [2.45, 2.75) is 25.7 Å². The standard InChI is InChI=1S/C16H20N6O2/c23-13-4-2-12(3-5-13)16(24)18-10-9-17-14-6-7-15(21-20-14)22-11-1-8-19-22/h1,6-8,11-12H,2-5,9-10H2,(H,17,20)(H,18,24). The minimum atomic E-state index is -0.0316. The van der Waals surface area contributed by atoms with E-state index >= 15 is 0 Å². The number of nitrogens with one attached hydrogen (secondary N) is 2. The van der Waals surface area contributed by atoms with Crippen LogP contribution in [0.4, 0.5) is 5.82 Å². The molecule has 24 heavy (non-hydrogen) atoms. The maximum absolute atomic E-state index is 12.0. The van der Waals surface area contributed by atoms with Gasteiger partial charge in [0.05, 0.1) is 0 Å². The molecule has 1 fully saturated rings. The molecule has 2 heterocycles. The lowest BCUT2D eigenvalue weighted by molar-refractivity contribution is -0.128. The highest BCUT2D eigenvalue weighted by Crippen LogP contribution is 2.21. The lowest BCUT2D eigenvalue weighted by Crippen LogP contribution is -2.36. The first-order chi connectivity index (χ1) is 11.7. The van der Waals surface area contributed by atoms with Gasteiger partial charge < -0.3 is 10.6 Å². The Bertz CT molecular complexity index is 673. The fraction of sp³-hybridized carbons (Fsp3) is 0.438. The van der Waals surface area contributed by atoms with Crippen molar-refractivity contribution in [3.63, 3.8) is 0 Å². The van der Waals surface area contributed by atoms with Gasteiger partial charge in [-0.3, -0.25) is 9.59 Å². The highest BCUT2D eigenvalue weighted by atomic mass is 16.2. The van der Waals surface area contributed by atoms with Gasteiger partial charge in [0, 0.05) is 44.2 Å². The highest BCUT2D eigenvalue weighted by molar-refractivity contribution is 5.84. The lowest BCUT2D eigenvalue weighted by atomic mass is 9.88. The van der Waals surface area contributed by atoms with Crippen LogP contribution >= 0.6 is 0 Å². The van der Waals surface area contributed by atoms with E-state index in [9.17, 15) is 9.59 Å². The average molecular weight is 328 g/mol. The molecule has 8 heteroatoms. The average Bonchev–Trinajstić information content (AvgIpc) is 3.14. The minimum absolute atomic E-state index is 0.0316. The molecule has 0 saturated heterocycles. The van der Waals surface area contributed by atoms with Gasteiger partial charge >= 0.3 is 0 Å². The zero-order valence-corrected chi connectivity index (χ0v) is 13.3. The molecule has 2 N–H and O–H groups in total. The summed E-state index contributed by atoms with van der Waals surface area (Å²) in [4.78, 5) is 23.2. The van der Waals surface area contributed by atoms with E-state index < -0.39 is 0 Å². The molecule has 2 aromatic heterocycles. The molecule has 8 nitrogen and oxygen atoms in total. The van der Waals surface area contributed by atoms with Crippen LogP contribution in [0.15, 0.2) is 30.6 Å². The van der Waals surface area contributed by atoms with Gasteiger partial charge in [-0.05, 0) is 31.0 Å². The van der Waals surface area contributed by atoms with Crippen molar-refractivity contribution in [1.82, 2.24) is 25.3 Å². The van der Waals surface area contributed by atoms with E-state index in [2.05, 4.69) is 25.9 Å². The Hall–Kier alpha value is -2.77. The molecule has 1 amide bonds. The van der Waals surface area contributed by atoms with Gasteiger partial charge in [-0.1, -0.05) is 0 Å². The summed E-state index contributed by atoms with van der Waals surface area (Å²) in [6.07, 6.45) is 5.85. The summed E-state index contributed by atoms with van der Waals surface area (Å²) >= 11 is 0. The van der Waals surface area contributed by atoms with Crippen LogP contribution in [0.25, 0.3) is 5.82 Å². The van der Waals surface area contributed by atoms with E-state index in [4.69, 9.17) is 0 Å². The molecule has 0 bridgehead atoms. The van der Waals surface area contributed by atoms with E-state index in [1.165, 1.54) is 0 Å². The third kappa shape index (κ3) is 4.15. The Balaban J connectivity index is 1.39. The monoisotopic (exact) mass is 328 g/mol. The van der Waals surface area contributed by atoms with E-state index in [1.807, 2.05) is 18.2 Å².